The predicted molar refractivity (Wildman–Crippen MR) is 72.8 cm³/mol. The molecule has 1 aliphatic carbocycles. The van der Waals surface area contributed by atoms with Crippen LogP contribution in [0.4, 0.5) is 19.0 Å². The number of aryl methyl sites for hydroxylation is 1. The van der Waals surface area contributed by atoms with Gasteiger partial charge in [0.05, 0.1) is 6.42 Å². The van der Waals surface area contributed by atoms with Gasteiger partial charge in [0.2, 0.25) is 0 Å². The molecule has 1 aromatic rings. The van der Waals surface area contributed by atoms with E-state index in [1.165, 1.54) is 6.33 Å². The highest BCUT2D eigenvalue weighted by molar-refractivity contribution is 5.73. The molecule has 0 saturated heterocycles. The van der Waals surface area contributed by atoms with Crippen molar-refractivity contribution in [1.29, 1.82) is 0 Å². The Morgan fingerprint density at radius 1 is 1.30 bits per heavy atom. The van der Waals surface area contributed by atoms with Gasteiger partial charge in [0.1, 0.15) is 12.1 Å². The first-order valence-corrected chi connectivity index (χ1v) is 6.66. The fraction of sp³-hybridized carbons (Fsp3) is 0.538. The van der Waals surface area contributed by atoms with E-state index < -0.39 is 18.1 Å². The Morgan fingerprint density at radius 3 is 2.30 bits per heavy atom. The number of aliphatic carboxylic acids is 2. The van der Waals surface area contributed by atoms with E-state index in [9.17, 15) is 18.0 Å². The van der Waals surface area contributed by atoms with Crippen LogP contribution in [-0.4, -0.2) is 44.3 Å². The van der Waals surface area contributed by atoms with Gasteiger partial charge in [-0.15, -0.1) is 0 Å². The van der Waals surface area contributed by atoms with Crippen LogP contribution in [0.3, 0.4) is 0 Å². The lowest BCUT2D eigenvalue weighted by Gasteiger charge is -2.36. The van der Waals surface area contributed by atoms with Crippen molar-refractivity contribution in [1.82, 2.24) is 9.97 Å². The van der Waals surface area contributed by atoms with Gasteiger partial charge in [-0.3, -0.25) is 4.79 Å². The SMILES string of the molecule is Cc1cc(NC2CCC2CC(=O)O)ncn1.O=C(O)C(F)(F)F. The summed E-state index contributed by atoms with van der Waals surface area (Å²) in [6.45, 7) is 1.91. The number of halogens is 3. The number of carboxylic acids is 2. The summed E-state index contributed by atoms with van der Waals surface area (Å²) in [5.41, 5.74) is 0.909. The van der Waals surface area contributed by atoms with Gasteiger partial charge in [-0.05, 0) is 25.7 Å². The molecule has 2 unspecified atom stereocenters. The van der Waals surface area contributed by atoms with E-state index in [0.717, 1.165) is 24.4 Å². The lowest BCUT2D eigenvalue weighted by atomic mass is 9.77. The Morgan fingerprint density at radius 2 is 1.91 bits per heavy atom. The zero-order valence-corrected chi connectivity index (χ0v) is 12.2. The molecule has 0 aliphatic heterocycles. The Bertz CT molecular complexity index is 566. The summed E-state index contributed by atoms with van der Waals surface area (Å²) in [5.74, 6) is -2.47. The standard InChI is InChI=1S/C11H15N3O2.C2HF3O2/c1-7-4-10(13-6-12-7)14-9-3-2-8(9)5-11(15)16;3-2(4,5)1(6)7/h4,6,8-9H,2-3,5H2,1H3,(H,15,16)(H,12,13,14);(H,6,7). The Kier molecular flexibility index (Phi) is 6.28. The number of nitrogens with zero attached hydrogens (tertiary/aromatic N) is 2. The van der Waals surface area contributed by atoms with E-state index >= 15 is 0 Å². The summed E-state index contributed by atoms with van der Waals surface area (Å²) in [5, 5.41) is 19.1. The van der Waals surface area contributed by atoms with Crippen molar-refractivity contribution in [2.24, 2.45) is 5.92 Å². The van der Waals surface area contributed by atoms with E-state index in [2.05, 4.69) is 15.3 Å². The molecule has 23 heavy (non-hydrogen) atoms. The highest BCUT2D eigenvalue weighted by atomic mass is 19.4. The second kappa shape index (κ2) is 7.75. The van der Waals surface area contributed by atoms with E-state index in [1.54, 1.807) is 0 Å². The Labute approximate surface area is 129 Å². The molecule has 128 valence electrons. The summed E-state index contributed by atoms with van der Waals surface area (Å²) >= 11 is 0. The van der Waals surface area contributed by atoms with E-state index in [-0.39, 0.29) is 18.4 Å². The maximum absolute atomic E-state index is 10.6. The van der Waals surface area contributed by atoms with Crippen molar-refractivity contribution < 1.29 is 33.0 Å². The molecule has 10 heteroatoms. The van der Waals surface area contributed by atoms with Crippen LogP contribution < -0.4 is 5.32 Å². The topological polar surface area (TPSA) is 112 Å². The van der Waals surface area contributed by atoms with Gasteiger partial charge in [0, 0.05) is 17.8 Å². The van der Waals surface area contributed by atoms with Gasteiger partial charge < -0.3 is 15.5 Å². The van der Waals surface area contributed by atoms with E-state index in [4.69, 9.17) is 15.0 Å². The third-order valence-electron chi connectivity index (χ3n) is 3.23. The zero-order valence-electron chi connectivity index (χ0n) is 12.2. The Hall–Kier alpha value is -2.39. The zero-order chi connectivity index (χ0) is 17.6. The first-order valence-electron chi connectivity index (χ1n) is 6.66. The summed E-state index contributed by atoms with van der Waals surface area (Å²) in [4.78, 5) is 27.6. The van der Waals surface area contributed by atoms with Crippen LogP contribution in [0.2, 0.25) is 0 Å². The summed E-state index contributed by atoms with van der Waals surface area (Å²) in [6, 6.07) is 2.11. The van der Waals surface area contributed by atoms with Crippen molar-refractivity contribution in [2.45, 2.75) is 38.4 Å². The second-order valence-electron chi connectivity index (χ2n) is 5.03. The number of carbonyl (C=O) groups is 2. The third-order valence-corrected chi connectivity index (χ3v) is 3.23. The van der Waals surface area contributed by atoms with Crippen LogP contribution in [0.15, 0.2) is 12.4 Å². The molecular weight excluding hydrogens is 319 g/mol. The van der Waals surface area contributed by atoms with E-state index in [0.29, 0.717) is 0 Å². The molecule has 1 fully saturated rings. The minimum atomic E-state index is -5.08. The molecule has 1 aliphatic rings. The van der Waals surface area contributed by atoms with Crippen molar-refractivity contribution in [3.63, 3.8) is 0 Å². The number of aromatic nitrogens is 2. The number of nitrogens with one attached hydrogen (secondary N) is 1. The molecule has 0 bridgehead atoms. The number of carboxylic acid groups (broad SMARTS) is 2. The number of hydrogen-bond acceptors (Lipinski definition) is 5. The quantitative estimate of drug-likeness (QED) is 0.772. The number of alkyl halides is 3. The maximum atomic E-state index is 10.6. The van der Waals surface area contributed by atoms with Crippen LogP contribution in [0.1, 0.15) is 25.0 Å². The van der Waals surface area contributed by atoms with Gasteiger partial charge in [0.25, 0.3) is 0 Å². The number of rotatable bonds is 4. The molecular formula is C13H16F3N3O4. The average Bonchev–Trinajstić information content (AvgIpc) is 2.41. The van der Waals surface area contributed by atoms with Crippen molar-refractivity contribution >= 4 is 17.8 Å². The van der Waals surface area contributed by atoms with Crippen LogP contribution in [-0.2, 0) is 9.59 Å². The van der Waals surface area contributed by atoms with Gasteiger partial charge in [-0.2, -0.15) is 13.2 Å². The fourth-order valence-electron chi connectivity index (χ4n) is 1.95. The lowest BCUT2D eigenvalue weighted by Crippen LogP contribution is -2.39. The maximum Gasteiger partial charge on any atom is 0.490 e. The van der Waals surface area contributed by atoms with Crippen LogP contribution in [0, 0.1) is 12.8 Å². The molecule has 1 saturated carbocycles. The van der Waals surface area contributed by atoms with Crippen LogP contribution >= 0.6 is 0 Å². The third kappa shape index (κ3) is 6.49. The van der Waals surface area contributed by atoms with Gasteiger partial charge in [-0.1, -0.05) is 0 Å². The summed E-state index contributed by atoms with van der Waals surface area (Å²) < 4.78 is 31.7. The molecule has 0 spiro atoms. The second-order valence-corrected chi connectivity index (χ2v) is 5.03. The molecule has 1 aromatic heterocycles. The van der Waals surface area contributed by atoms with Crippen molar-refractivity contribution in [3.8, 4) is 0 Å². The first kappa shape index (κ1) is 18.7. The normalized spacial score (nSPS) is 19.8. The summed E-state index contributed by atoms with van der Waals surface area (Å²) in [6.07, 6.45) is -1.33. The lowest BCUT2D eigenvalue weighted by molar-refractivity contribution is -0.192. The largest absolute Gasteiger partial charge is 0.490 e. The molecule has 0 aromatic carbocycles. The van der Waals surface area contributed by atoms with Gasteiger partial charge >= 0.3 is 18.1 Å². The monoisotopic (exact) mass is 335 g/mol. The molecule has 2 atom stereocenters. The van der Waals surface area contributed by atoms with Gasteiger partial charge in [-0.25, -0.2) is 14.8 Å². The van der Waals surface area contributed by atoms with Crippen molar-refractivity contribution in [3.05, 3.63) is 18.1 Å². The van der Waals surface area contributed by atoms with Gasteiger partial charge in [0.15, 0.2) is 0 Å². The molecule has 0 radical (unpaired) electrons. The molecule has 0 amide bonds. The Balaban J connectivity index is 0.000000322. The molecule has 1 heterocycles. The fourth-order valence-corrected chi connectivity index (χ4v) is 1.95. The van der Waals surface area contributed by atoms with Crippen molar-refractivity contribution in [2.75, 3.05) is 5.32 Å². The van der Waals surface area contributed by atoms with Crippen LogP contribution in [0.5, 0.6) is 0 Å². The smallest absolute Gasteiger partial charge is 0.481 e. The molecule has 7 nitrogen and oxygen atoms in total. The predicted octanol–water partition coefficient (Wildman–Crippen LogP) is 2.08. The number of anilines is 1. The minimum Gasteiger partial charge on any atom is -0.481 e. The first-order chi connectivity index (χ1) is 10.6. The average molecular weight is 335 g/mol. The minimum absolute atomic E-state index is 0.229. The molecule has 3 N–H and O–H groups in total. The highest BCUT2D eigenvalue weighted by Gasteiger charge is 2.38. The number of hydrogen-bond donors (Lipinski definition) is 3. The van der Waals surface area contributed by atoms with Crippen LogP contribution in [0.25, 0.3) is 0 Å². The summed E-state index contributed by atoms with van der Waals surface area (Å²) in [7, 11) is 0. The molecule has 2 rings (SSSR count). The van der Waals surface area contributed by atoms with E-state index in [1.807, 2.05) is 13.0 Å². The highest BCUT2D eigenvalue weighted by Crippen LogP contribution is 2.32.